The zero-order valence-corrected chi connectivity index (χ0v) is 8.09. The van der Waals surface area contributed by atoms with Crippen molar-refractivity contribution >= 4 is 5.97 Å². The summed E-state index contributed by atoms with van der Waals surface area (Å²) in [6, 6.07) is 0.0219. The van der Waals surface area contributed by atoms with Crippen molar-refractivity contribution in [2.24, 2.45) is 0 Å². The number of hydrogen-bond acceptors (Lipinski definition) is 4. The fourth-order valence-corrected chi connectivity index (χ4v) is 1.90. The van der Waals surface area contributed by atoms with E-state index in [2.05, 4.69) is 0 Å². The van der Waals surface area contributed by atoms with Gasteiger partial charge < -0.3 is 15.3 Å². The number of aliphatic hydroxyl groups is 2. The van der Waals surface area contributed by atoms with Crippen LogP contribution >= 0.6 is 0 Å². The molecule has 1 heterocycles. The van der Waals surface area contributed by atoms with Gasteiger partial charge in [-0.25, -0.2) is 0 Å². The highest BCUT2D eigenvalue weighted by Crippen LogP contribution is 2.19. The lowest BCUT2D eigenvalue weighted by molar-refractivity contribution is -0.138. The van der Waals surface area contributed by atoms with Crippen molar-refractivity contribution in [2.75, 3.05) is 19.7 Å². The summed E-state index contributed by atoms with van der Waals surface area (Å²) >= 11 is 0. The van der Waals surface area contributed by atoms with Gasteiger partial charge in [0, 0.05) is 12.6 Å². The van der Waals surface area contributed by atoms with Gasteiger partial charge in [-0.2, -0.15) is 0 Å². The van der Waals surface area contributed by atoms with E-state index in [9.17, 15) is 9.90 Å². The minimum absolute atomic E-state index is 0.0219. The molecular weight excluding hydrogens is 186 g/mol. The largest absolute Gasteiger partial charge is 0.481 e. The van der Waals surface area contributed by atoms with E-state index in [0.717, 1.165) is 19.4 Å². The number of carboxylic acid groups (broad SMARTS) is 1. The maximum absolute atomic E-state index is 10.5. The Morgan fingerprint density at radius 1 is 1.57 bits per heavy atom. The molecule has 2 atom stereocenters. The van der Waals surface area contributed by atoms with Crippen LogP contribution in [0.3, 0.4) is 0 Å². The summed E-state index contributed by atoms with van der Waals surface area (Å²) in [5.74, 6) is -0.805. The molecule has 0 radical (unpaired) electrons. The number of carbonyl (C=O) groups is 1. The number of carboxylic acids is 1. The SMILES string of the molecule is O=C(O)CC1CCCN1CC(O)CO. The molecule has 1 saturated heterocycles. The fraction of sp³-hybridized carbons (Fsp3) is 0.889. The van der Waals surface area contributed by atoms with Gasteiger partial charge in [0.2, 0.25) is 0 Å². The summed E-state index contributed by atoms with van der Waals surface area (Å²) in [4.78, 5) is 12.5. The first kappa shape index (κ1) is 11.4. The first-order chi connectivity index (χ1) is 6.63. The van der Waals surface area contributed by atoms with Gasteiger partial charge in [0.1, 0.15) is 0 Å². The Hall–Kier alpha value is -0.650. The van der Waals surface area contributed by atoms with Crippen molar-refractivity contribution in [2.45, 2.75) is 31.4 Å². The number of aliphatic hydroxyl groups excluding tert-OH is 2. The van der Waals surface area contributed by atoms with E-state index in [1.165, 1.54) is 0 Å². The minimum atomic E-state index is -0.805. The van der Waals surface area contributed by atoms with E-state index < -0.39 is 12.1 Å². The second kappa shape index (κ2) is 5.29. The molecule has 0 spiro atoms. The monoisotopic (exact) mass is 203 g/mol. The van der Waals surface area contributed by atoms with E-state index in [1.54, 1.807) is 0 Å². The molecule has 14 heavy (non-hydrogen) atoms. The number of likely N-dealkylation sites (tertiary alicyclic amines) is 1. The third kappa shape index (κ3) is 3.25. The van der Waals surface area contributed by atoms with Crippen LogP contribution in [0.4, 0.5) is 0 Å². The summed E-state index contributed by atoms with van der Waals surface area (Å²) in [6.45, 7) is 0.916. The maximum atomic E-state index is 10.5. The van der Waals surface area contributed by atoms with Gasteiger partial charge >= 0.3 is 5.97 Å². The van der Waals surface area contributed by atoms with Crippen LogP contribution in [0, 0.1) is 0 Å². The van der Waals surface area contributed by atoms with Crippen LogP contribution in [0.5, 0.6) is 0 Å². The van der Waals surface area contributed by atoms with E-state index in [4.69, 9.17) is 10.2 Å². The Balaban J connectivity index is 2.38. The Morgan fingerprint density at radius 2 is 2.29 bits per heavy atom. The number of hydrogen-bond donors (Lipinski definition) is 3. The number of aliphatic carboxylic acids is 1. The summed E-state index contributed by atoms with van der Waals surface area (Å²) in [6.07, 6.45) is 1.20. The predicted octanol–water partition coefficient (Wildman–Crippen LogP) is -0.721. The van der Waals surface area contributed by atoms with Crippen LogP contribution in [0.1, 0.15) is 19.3 Å². The Kier molecular flexibility index (Phi) is 4.31. The minimum Gasteiger partial charge on any atom is -0.481 e. The molecule has 82 valence electrons. The Labute approximate surface area is 83.0 Å². The first-order valence-electron chi connectivity index (χ1n) is 4.88. The van der Waals surface area contributed by atoms with E-state index >= 15 is 0 Å². The fourth-order valence-electron chi connectivity index (χ4n) is 1.90. The molecule has 0 bridgehead atoms. The van der Waals surface area contributed by atoms with Crippen molar-refractivity contribution in [3.63, 3.8) is 0 Å². The highest BCUT2D eigenvalue weighted by atomic mass is 16.4. The number of rotatable bonds is 5. The lowest BCUT2D eigenvalue weighted by Gasteiger charge is -2.24. The van der Waals surface area contributed by atoms with Gasteiger partial charge in [0.25, 0.3) is 0 Å². The van der Waals surface area contributed by atoms with Crippen LogP contribution in [-0.4, -0.2) is 58.0 Å². The third-order valence-corrected chi connectivity index (χ3v) is 2.57. The molecule has 5 heteroatoms. The van der Waals surface area contributed by atoms with Gasteiger partial charge in [-0.05, 0) is 19.4 Å². The second-order valence-corrected chi connectivity index (χ2v) is 3.73. The molecule has 2 unspecified atom stereocenters. The average molecular weight is 203 g/mol. The molecule has 0 aliphatic carbocycles. The van der Waals surface area contributed by atoms with E-state index in [0.29, 0.717) is 6.54 Å². The van der Waals surface area contributed by atoms with Gasteiger partial charge in [0.15, 0.2) is 0 Å². The second-order valence-electron chi connectivity index (χ2n) is 3.73. The van der Waals surface area contributed by atoms with Crippen LogP contribution < -0.4 is 0 Å². The summed E-state index contributed by atoms with van der Waals surface area (Å²) in [5.41, 5.74) is 0. The molecule has 1 rings (SSSR count). The third-order valence-electron chi connectivity index (χ3n) is 2.57. The van der Waals surface area contributed by atoms with Gasteiger partial charge in [-0.3, -0.25) is 9.69 Å². The van der Waals surface area contributed by atoms with Crippen molar-refractivity contribution in [3.05, 3.63) is 0 Å². The van der Waals surface area contributed by atoms with E-state index in [-0.39, 0.29) is 19.1 Å². The van der Waals surface area contributed by atoms with Crippen LogP contribution in [0.25, 0.3) is 0 Å². The van der Waals surface area contributed by atoms with Crippen molar-refractivity contribution < 1.29 is 20.1 Å². The zero-order valence-electron chi connectivity index (χ0n) is 8.09. The van der Waals surface area contributed by atoms with Gasteiger partial charge in [0.05, 0.1) is 19.1 Å². The standard InChI is InChI=1S/C9H17NO4/c11-6-8(12)5-10-3-1-2-7(10)4-9(13)14/h7-8,11-12H,1-6H2,(H,13,14). The molecule has 3 N–H and O–H groups in total. The topological polar surface area (TPSA) is 81.0 Å². The van der Waals surface area contributed by atoms with Crippen molar-refractivity contribution in [3.8, 4) is 0 Å². The van der Waals surface area contributed by atoms with Crippen molar-refractivity contribution in [1.29, 1.82) is 0 Å². The smallest absolute Gasteiger partial charge is 0.304 e. The molecule has 0 saturated carbocycles. The molecule has 1 aliphatic heterocycles. The highest BCUT2D eigenvalue weighted by Gasteiger charge is 2.27. The quantitative estimate of drug-likeness (QED) is 0.549. The molecule has 0 amide bonds. The Bertz CT molecular complexity index is 197. The summed E-state index contributed by atoms with van der Waals surface area (Å²) in [5, 5.41) is 26.5. The maximum Gasteiger partial charge on any atom is 0.304 e. The molecular formula is C9H17NO4. The number of β-amino-alcohol motifs (C(OH)–C–C–N with tert-alkyl or cyclic N) is 1. The predicted molar refractivity (Wildman–Crippen MR) is 49.9 cm³/mol. The molecule has 0 aromatic carbocycles. The van der Waals surface area contributed by atoms with Gasteiger partial charge in [-0.15, -0.1) is 0 Å². The van der Waals surface area contributed by atoms with Crippen LogP contribution in [0.15, 0.2) is 0 Å². The summed E-state index contributed by atoms with van der Waals surface area (Å²) < 4.78 is 0. The Morgan fingerprint density at radius 3 is 2.86 bits per heavy atom. The molecule has 0 aromatic heterocycles. The average Bonchev–Trinajstić information content (AvgIpc) is 2.52. The van der Waals surface area contributed by atoms with Gasteiger partial charge in [-0.1, -0.05) is 0 Å². The lowest BCUT2D eigenvalue weighted by Crippen LogP contribution is -2.38. The highest BCUT2D eigenvalue weighted by molar-refractivity contribution is 5.67. The van der Waals surface area contributed by atoms with Crippen LogP contribution in [-0.2, 0) is 4.79 Å². The molecule has 1 fully saturated rings. The zero-order chi connectivity index (χ0) is 10.6. The first-order valence-corrected chi connectivity index (χ1v) is 4.88. The molecule has 0 aromatic rings. The van der Waals surface area contributed by atoms with Crippen molar-refractivity contribution in [1.82, 2.24) is 4.90 Å². The normalized spacial score (nSPS) is 25.1. The molecule has 5 nitrogen and oxygen atoms in total. The number of nitrogens with zero attached hydrogens (tertiary/aromatic N) is 1. The molecule has 1 aliphatic rings. The summed E-state index contributed by atoms with van der Waals surface area (Å²) in [7, 11) is 0. The van der Waals surface area contributed by atoms with Crippen LogP contribution in [0.2, 0.25) is 0 Å². The lowest BCUT2D eigenvalue weighted by atomic mass is 10.1. The van der Waals surface area contributed by atoms with E-state index in [1.807, 2.05) is 4.90 Å².